The molecular formula is C12H19N5O3. The summed E-state index contributed by atoms with van der Waals surface area (Å²) in [5, 5.41) is 9.88. The number of likely N-dealkylation sites (tertiary alicyclic amines) is 1. The number of nitrogen functional groups attached to an aromatic ring is 1. The second-order valence-electron chi connectivity index (χ2n) is 4.88. The van der Waals surface area contributed by atoms with Crippen molar-refractivity contribution in [1.82, 2.24) is 20.5 Å². The van der Waals surface area contributed by atoms with E-state index < -0.39 is 0 Å². The van der Waals surface area contributed by atoms with Crippen LogP contribution < -0.4 is 11.1 Å². The molecule has 20 heavy (non-hydrogen) atoms. The van der Waals surface area contributed by atoms with Crippen molar-refractivity contribution < 1.29 is 14.2 Å². The Labute approximate surface area is 116 Å². The Balaban J connectivity index is 1.84. The standard InChI is InChI=1S/C12H19N5O3/c1-2-3-9(18)14-8-4-6-17(7-5-8)12(19)10-11(13)16-20-15-10/h8H,2-7H2,1H3,(H2,13,16)(H,14,18). The maximum Gasteiger partial charge on any atom is 0.280 e. The fourth-order valence-corrected chi connectivity index (χ4v) is 2.25. The Hall–Kier alpha value is -2.12. The monoisotopic (exact) mass is 281 g/mol. The van der Waals surface area contributed by atoms with Gasteiger partial charge >= 0.3 is 0 Å². The fourth-order valence-electron chi connectivity index (χ4n) is 2.25. The molecule has 1 aromatic rings. The first kappa shape index (κ1) is 14.3. The van der Waals surface area contributed by atoms with Crippen LogP contribution in [0.1, 0.15) is 43.1 Å². The van der Waals surface area contributed by atoms with Gasteiger partial charge in [0.25, 0.3) is 5.91 Å². The summed E-state index contributed by atoms with van der Waals surface area (Å²) in [5.41, 5.74) is 5.56. The molecule has 1 saturated heterocycles. The highest BCUT2D eigenvalue weighted by Gasteiger charge is 2.27. The highest BCUT2D eigenvalue weighted by atomic mass is 16.6. The Bertz CT molecular complexity index is 479. The minimum atomic E-state index is -0.276. The molecule has 2 amide bonds. The van der Waals surface area contributed by atoms with Crippen LogP contribution in [0, 0.1) is 0 Å². The third kappa shape index (κ3) is 3.25. The van der Waals surface area contributed by atoms with Gasteiger partial charge in [-0.05, 0) is 29.6 Å². The lowest BCUT2D eigenvalue weighted by atomic mass is 10.0. The van der Waals surface area contributed by atoms with Gasteiger partial charge in [0.1, 0.15) is 0 Å². The molecule has 110 valence electrons. The van der Waals surface area contributed by atoms with Crippen LogP contribution >= 0.6 is 0 Å². The van der Waals surface area contributed by atoms with E-state index >= 15 is 0 Å². The molecule has 8 heteroatoms. The highest BCUT2D eigenvalue weighted by molar-refractivity contribution is 5.96. The van der Waals surface area contributed by atoms with Gasteiger partial charge in [0.15, 0.2) is 0 Å². The SMILES string of the molecule is CCCC(=O)NC1CCN(C(=O)c2nonc2N)CC1. The first-order valence-corrected chi connectivity index (χ1v) is 6.78. The topological polar surface area (TPSA) is 114 Å². The number of carbonyl (C=O) groups is 2. The van der Waals surface area contributed by atoms with E-state index in [9.17, 15) is 9.59 Å². The first-order chi connectivity index (χ1) is 9.61. The van der Waals surface area contributed by atoms with Gasteiger partial charge in [-0.2, -0.15) is 0 Å². The minimum absolute atomic E-state index is 0.00775. The summed E-state index contributed by atoms with van der Waals surface area (Å²) in [5.74, 6) is -0.197. The lowest BCUT2D eigenvalue weighted by Crippen LogP contribution is -2.46. The molecule has 3 N–H and O–H groups in total. The predicted octanol–water partition coefficient (Wildman–Crippen LogP) is 0.173. The highest BCUT2D eigenvalue weighted by Crippen LogP contribution is 2.15. The molecule has 0 spiro atoms. The molecule has 0 radical (unpaired) electrons. The zero-order chi connectivity index (χ0) is 14.5. The fraction of sp³-hybridized carbons (Fsp3) is 0.667. The third-order valence-corrected chi connectivity index (χ3v) is 3.34. The van der Waals surface area contributed by atoms with Crippen LogP contribution in [0.3, 0.4) is 0 Å². The molecule has 1 fully saturated rings. The van der Waals surface area contributed by atoms with Gasteiger partial charge in [0.2, 0.25) is 17.4 Å². The number of hydrogen-bond donors (Lipinski definition) is 2. The molecule has 0 atom stereocenters. The Morgan fingerprint density at radius 3 is 2.65 bits per heavy atom. The number of piperidine rings is 1. The lowest BCUT2D eigenvalue weighted by molar-refractivity contribution is -0.122. The van der Waals surface area contributed by atoms with Crippen LogP contribution in [0.4, 0.5) is 5.82 Å². The van der Waals surface area contributed by atoms with Crippen molar-refractivity contribution in [3.63, 3.8) is 0 Å². The van der Waals surface area contributed by atoms with Crippen LogP contribution in [0.2, 0.25) is 0 Å². The van der Waals surface area contributed by atoms with Crippen molar-refractivity contribution in [1.29, 1.82) is 0 Å². The summed E-state index contributed by atoms with van der Waals surface area (Å²) in [6, 6.07) is 0.130. The number of anilines is 1. The van der Waals surface area contributed by atoms with Crippen LogP contribution in [0.15, 0.2) is 4.63 Å². The molecule has 2 heterocycles. The van der Waals surface area contributed by atoms with Crippen molar-refractivity contribution >= 4 is 17.6 Å². The second-order valence-corrected chi connectivity index (χ2v) is 4.88. The van der Waals surface area contributed by atoms with E-state index in [0.29, 0.717) is 19.5 Å². The number of rotatable bonds is 4. The minimum Gasteiger partial charge on any atom is -0.379 e. The first-order valence-electron chi connectivity index (χ1n) is 6.78. The molecule has 0 unspecified atom stereocenters. The molecule has 1 aliphatic rings. The Morgan fingerprint density at radius 1 is 1.40 bits per heavy atom. The van der Waals surface area contributed by atoms with Gasteiger partial charge in [0.05, 0.1) is 0 Å². The van der Waals surface area contributed by atoms with Crippen molar-refractivity contribution in [3.8, 4) is 0 Å². The van der Waals surface area contributed by atoms with Crippen LogP contribution in [-0.4, -0.2) is 46.2 Å². The lowest BCUT2D eigenvalue weighted by Gasteiger charge is -2.31. The molecule has 0 aromatic carbocycles. The third-order valence-electron chi connectivity index (χ3n) is 3.34. The summed E-state index contributed by atoms with van der Waals surface area (Å²) >= 11 is 0. The molecular weight excluding hydrogens is 262 g/mol. The zero-order valence-electron chi connectivity index (χ0n) is 11.5. The van der Waals surface area contributed by atoms with Gasteiger partial charge in [-0.1, -0.05) is 6.92 Å². The smallest absolute Gasteiger partial charge is 0.280 e. The van der Waals surface area contributed by atoms with Gasteiger partial charge < -0.3 is 16.0 Å². The molecule has 1 aliphatic heterocycles. The van der Waals surface area contributed by atoms with Crippen molar-refractivity contribution in [3.05, 3.63) is 5.69 Å². The van der Waals surface area contributed by atoms with Crippen molar-refractivity contribution in [2.24, 2.45) is 0 Å². The molecule has 2 rings (SSSR count). The number of carbonyl (C=O) groups excluding carboxylic acids is 2. The zero-order valence-corrected chi connectivity index (χ0v) is 11.5. The van der Waals surface area contributed by atoms with Gasteiger partial charge in [-0.3, -0.25) is 9.59 Å². The Morgan fingerprint density at radius 2 is 2.10 bits per heavy atom. The van der Waals surface area contributed by atoms with Gasteiger partial charge in [-0.15, -0.1) is 0 Å². The molecule has 0 bridgehead atoms. The largest absolute Gasteiger partial charge is 0.379 e. The van der Waals surface area contributed by atoms with Gasteiger partial charge in [-0.25, -0.2) is 4.63 Å². The molecule has 8 nitrogen and oxygen atoms in total. The van der Waals surface area contributed by atoms with E-state index in [0.717, 1.165) is 19.3 Å². The van der Waals surface area contributed by atoms with E-state index in [-0.39, 0.29) is 29.4 Å². The van der Waals surface area contributed by atoms with Crippen LogP contribution in [-0.2, 0) is 4.79 Å². The average Bonchev–Trinajstić information content (AvgIpc) is 2.85. The maximum atomic E-state index is 12.1. The van der Waals surface area contributed by atoms with E-state index in [2.05, 4.69) is 20.3 Å². The number of nitrogens with zero attached hydrogens (tertiary/aromatic N) is 3. The normalized spacial score (nSPS) is 16.1. The maximum absolute atomic E-state index is 12.1. The second kappa shape index (κ2) is 6.36. The van der Waals surface area contributed by atoms with Crippen LogP contribution in [0.5, 0.6) is 0 Å². The van der Waals surface area contributed by atoms with Crippen molar-refractivity contribution in [2.45, 2.75) is 38.6 Å². The number of nitrogens with two attached hydrogens (primary N) is 1. The van der Waals surface area contributed by atoms with E-state index in [4.69, 9.17) is 5.73 Å². The summed E-state index contributed by atoms with van der Waals surface area (Å²) in [6.45, 7) is 3.08. The quantitative estimate of drug-likeness (QED) is 0.813. The van der Waals surface area contributed by atoms with E-state index in [1.807, 2.05) is 6.92 Å². The van der Waals surface area contributed by atoms with Gasteiger partial charge in [0, 0.05) is 25.6 Å². The number of hydrogen-bond acceptors (Lipinski definition) is 6. The average molecular weight is 281 g/mol. The summed E-state index contributed by atoms with van der Waals surface area (Å²) in [7, 11) is 0. The summed E-state index contributed by atoms with van der Waals surface area (Å²) in [4.78, 5) is 25.3. The molecule has 0 saturated carbocycles. The predicted molar refractivity (Wildman–Crippen MR) is 70.7 cm³/mol. The van der Waals surface area contributed by atoms with Crippen molar-refractivity contribution in [2.75, 3.05) is 18.8 Å². The van der Waals surface area contributed by atoms with E-state index in [1.54, 1.807) is 4.90 Å². The molecule has 0 aliphatic carbocycles. The van der Waals surface area contributed by atoms with Crippen LogP contribution in [0.25, 0.3) is 0 Å². The number of nitrogens with one attached hydrogen (secondary N) is 1. The Kier molecular flexibility index (Phi) is 4.54. The molecule has 1 aromatic heterocycles. The number of aromatic nitrogens is 2. The van der Waals surface area contributed by atoms with E-state index in [1.165, 1.54) is 0 Å². The summed E-state index contributed by atoms with van der Waals surface area (Å²) in [6.07, 6.45) is 2.83. The number of amides is 2. The summed E-state index contributed by atoms with van der Waals surface area (Å²) < 4.78 is 4.43.